The van der Waals surface area contributed by atoms with Crippen molar-refractivity contribution >= 4 is 21.5 Å². The summed E-state index contributed by atoms with van der Waals surface area (Å²) < 4.78 is 0. The fraction of sp³-hybridized carbons (Fsp3) is 0.378. The van der Waals surface area contributed by atoms with E-state index >= 15 is 0 Å². The van der Waals surface area contributed by atoms with E-state index in [0.29, 0.717) is 0 Å². The van der Waals surface area contributed by atoms with Gasteiger partial charge in [0.15, 0.2) is 0 Å². The van der Waals surface area contributed by atoms with Crippen molar-refractivity contribution < 1.29 is 0 Å². The lowest BCUT2D eigenvalue weighted by molar-refractivity contribution is 0.589. The zero-order valence-corrected chi connectivity index (χ0v) is 30.7. The highest BCUT2D eigenvalue weighted by Crippen LogP contribution is 2.58. The van der Waals surface area contributed by atoms with Crippen LogP contribution >= 0.6 is 0 Å². The first-order valence-corrected chi connectivity index (χ1v) is 17.4. The Hall–Kier alpha value is -4.04. The SMILES string of the molecule is Cc1[nH]c(-c2[nH]cc3c2-c2cc(C(C)(C)C)cc4cc(C(C)(C)C)cc-3c24)c2c1-c1cc(C(C)(C)C)cc3cc(C(C)(C)C)cc-2c13. The molecule has 0 bridgehead atoms. The van der Waals surface area contributed by atoms with Crippen LogP contribution in [0.15, 0.2) is 54.7 Å². The second-order valence-electron chi connectivity index (χ2n) is 18.6. The Morgan fingerprint density at radius 2 is 0.787 bits per heavy atom. The van der Waals surface area contributed by atoms with Crippen molar-refractivity contribution in [2.75, 3.05) is 0 Å². The van der Waals surface area contributed by atoms with Gasteiger partial charge in [0.2, 0.25) is 0 Å². The zero-order valence-electron chi connectivity index (χ0n) is 30.7. The molecule has 0 spiro atoms. The second-order valence-corrected chi connectivity index (χ2v) is 18.6. The molecule has 0 amide bonds. The number of aromatic amines is 2. The third kappa shape index (κ3) is 4.29. The predicted molar refractivity (Wildman–Crippen MR) is 204 cm³/mol. The van der Waals surface area contributed by atoms with Gasteiger partial charge >= 0.3 is 0 Å². The normalized spacial score (nSPS) is 14.1. The lowest BCUT2D eigenvalue weighted by Crippen LogP contribution is -2.12. The van der Waals surface area contributed by atoms with Crippen molar-refractivity contribution in [1.29, 1.82) is 0 Å². The number of hydrogen-bond donors (Lipinski definition) is 2. The van der Waals surface area contributed by atoms with Crippen LogP contribution in [0, 0.1) is 6.92 Å². The first-order chi connectivity index (χ1) is 21.7. The molecule has 47 heavy (non-hydrogen) atoms. The lowest BCUT2D eigenvalue weighted by atomic mass is 9.81. The van der Waals surface area contributed by atoms with Gasteiger partial charge in [-0.15, -0.1) is 0 Å². The molecule has 2 heteroatoms. The minimum atomic E-state index is 0.0376. The van der Waals surface area contributed by atoms with Crippen LogP contribution in [-0.2, 0) is 21.7 Å². The summed E-state index contributed by atoms with van der Waals surface area (Å²) in [5, 5.41) is 5.50. The molecule has 0 aliphatic heterocycles. The molecular weight excluding hydrogens is 569 g/mol. The molecule has 0 atom stereocenters. The fourth-order valence-electron chi connectivity index (χ4n) is 8.10. The Morgan fingerprint density at radius 1 is 0.404 bits per heavy atom. The minimum absolute atomic E-state index is 0.0376. The van der Waals surface area contributed by atoms with E-state index in [1.165, 1.54) is 105 Å². The predicted octanol–water partition coefficient (Wildman–Crippen LogP) is 13.1. The van der Waals surface area contributed by atoms with Gasteiger partial charge in [-0.25, -0.2) is 0 Å². The average Bonchev–Trinajstić information content (AvgIpc) is 3.69. The van der Waals surface area contributed by atoms with Crippen LogP contribution in [0.25, 0.3) is 77.4 Å². The molecule has 2 nitrogen and oxygen atoms in total. The molecule has 0 unspecified atom stereocenters. The number of benzene rings is 4. The highest BCUT2D eigenvalue weighted by Gasteiger charge is 2.36. The Bertz CT molecular complexity index is 2310. The maximum absolute atomic E-state index is 3.96. The van der Waals surface area contributed by atoms with E-state index in [1.54, 1.807) is 0 Å². The Balaban J connectivity index is 1.44. The highest BCUT2D eigenvalue weighted by atomic mass is 14.8. The quantitative estimate of drug-likeness (QED) is 0.183. The van der Waals surface area contributed by atoms with Crippen LogP contribution in [-0.4, -0.2) is 9.97 Å². The molecule has 4 aromatic carbocycles. The van der Waals surface area contributed by atoms with Gasteiger partial charge in [0.05, 0.1) is 11.4 Å². The molecule has 240 valence electrons. The topological polar surface area (TPSA) is 31.6 Å². The molecular formula is C45H50N2. The van der Waals surface area contributed by atoms with Gasteiger partial charge in [-0.2, -0.15) is 0 Å². The smallest absolute Gasteiger partial charge is 0.0714 e. The summed E-state index contributed by atoms with van der Waals surface area (Å²) in [6, 6.07) is 19.7. The minimum Gasteiger partial charge on any atom is -0.359 e. The third-order valence-electron chi connectivity index (χ3n) is 11.0. The summed E-state index contributed by atoms with van der Waals surface area (Å²) in [6.07, 6.45) is 2.27. The maximum Gasteiger partial charge on any atom is 0.0714 e. The van der Waals surface area contributed by atoms with E-state index < -0.39 is 0 Å². The first-order valence-electron chi connectivity index (χ1n) is 17.4. The van der Waals surface area contributed by atoms with E-state index in [4.69, 9.17) is 0 Å². The van der Waals surface area contributed by atoms with Crippen molar-refractivity contribution in [2.24, 2.45) is 0 Å². The number of rotatable bonds is 1. The van der Waals surface area contributed by atoms with E-state index in [-0.39, 0.29) is 21.7 Å². The summed E-state index contributed by atoms with van der Waals surface area (Å²) in [5.74, 6) is 0. The molecule has 0 fully saturated rings. The van der Waals surface area contributed by atoms with Gasteiger partial charge in [0.1, 0.15) is 0 Å². The van der Waals surface area contributed by atoms with Crippen molar-refractivity contribution in [3.05, 3.63) is 82.7 Å². The van der Waals surface area contributed by atoms with Crippen molar-refractivity contribution in [1.82, 2.24) is 9.97 Å². The second kappa shape index (κ2) is 9.10. The molecule has 0 radical (unpaired) electrons. The summed E-state index contributed by atoms with van der Waals surface area (Å²) in [5.41, 5.74) is 20.2. The summed E-state index contributed by atoms with van der Waals surface area (Å²) >= 11 is 0. The standard InChI is InChI=1S/C45H50N2/c1-23-35-31-19-27(43(5,6)7)16-25-17-29(45(11,12)13)21-33(37(25)31)39(35)41(47-23)40-38-32-20-28(44(8,9)10)15-24-14-26(42(2,3)4)18-30(36(24)32)34(38)22-46-40/h14-22,46-47H,1-13H3. The van der Waals surface area contributed by atoms with Crippen LogP contribution in [0.1, 0.15) is 111 Å². The fourth-order valence-corrected chi connectivity index (χ4v) is 8.10. The molecule has 2 aliphatic carbocycles. The Morgan fingerprint density at radius 3 is 1.23 bits per heavy atom. The number of aromatic nitrogens is 2. The van der Waals surface area contributed by atoms with Crippen LogP contribution in [0.2, 0.25) is 0 Å². The molecule has 0 saturated carbocycles. The van der Waals surface area contributed by atoms with Crippen molar-refractivity contribution in [3.8, 4) is 55.9 Å². The molecule has 2 aromatic heterocycles. The van der Waals surface area contributed by atoms with Crippen LogP contribution in [0.5, 0.6) is 0 Å². The number of aryl methyl sites for hydroxylation is 1. The van der Waals surface area contributed by atoms with E-state index in [9.17, 15) is 0 Å². The monoisotopic (exact) mass is 618 g/mol. The van der Waals surface area contributed by atoms with Gasteiger partial charge in [0.25, 0.3) is 0 Å². The molecule has 2 heterocycles. The largest absolute Gasteiger partial charge is 0.359 e. The van der Waals surface area contributed by atoms with E-state index in [2.05, 4.69) is 155 Å². The van der Waals surface area contributed by atoms with Gasteiger partial charge in [-0.3, -0.25) is 0 Å². The first kappa shape index (κ1) is 30.3. The lowest BCUT2D eigenvalue weighted by Gasteiger charge is -2.24. The van der Waals surface area contributed by atoms with Crippen LogP contribution in [0.3, 0.4) is 0 Å². The molecule has 2 N–H and O–H groups in total. The summed E-state index contributed by atoms with van der Waals surface area (Å²) in [4.78, 5) is 7.80. The summed E-state index contributed by atoms with van der Waals surface area (Å²) in [7, 11) is 0. The molecule has 6 aromatic rings. The van der Waals surface area contributed by atoms with Gasteiger partial charge in [0, 0.05) is 34.1 Å². The number of nitrogens with one attached hydrogen (secondary N) is 2. The highest BCUT2D eigenvalue weighted by molar-refractivity contribution is 6.22. The van der Waals surface area contributed by atoms with E-state index in [1.807, 2.05) is 0 Å². The third-order valence-corrected chi connectivity index (χ3v) is 11.0. The number of H-pyrrole nitrogens is 2. The molecule has 2 aliphatic rings. The zero-order chi connectivity index (χ0) is 33.7. The Labute approximate surface area is 281 Å². The summed E-state index contributed by atoms with van der Waals surface area (Å²) in [6.45, 7) is 30.3. The van der Waals surface area contributed by atoms with E-state index in [0.717, 1.165) is 0 Å². The van der Waals surface area contributed by atoms with Crippen LogP contribution < -0.4 is 0 Å². The number of fused-ring (bicyclic) bond motifs is 6. The van der Waals surface area contributed by atoms with Crippen LogP contribution in [0.4, 0.5) is 0 Å². The van der Waals surface area contributed by atoms with Gasteiger partial charge in [-0.1, -0.05) is 107 Å². The molecule has 8 rings (SSSR count). The Kier molecular flexibility index (Phi) is 5.87. The van der Waals surface area contributed by atoms with Crippen molar-refractivity contribution in [3.63, 3.8) is 0 Å². The van der Waals surface area contributed by atoms with Crippen molar-refractivity contribution in [2.45, 2.75) is 112 Å². The number of hydrogen-bond acceptors (Lipinski definition) is 0. The van der Waals surface area contributed by atoms with Gasteiger partial charge < -0.3 is 9.97 Å². The molecule has 0 saturated heterocycles. The average molecular weight is 619 g/mol. The maximum atomic E-state index is 3.96. The van der Waals surface area contributed by atoms with Gasteiger partial charge in [-0.05, 0) is 119 Å².